The van der Waals surface area contributed by atoms with Crippen molar-refractivity contribution in [2.75, 3.05) is 52.2 Å². The van der Waals surface area contributed by atoms with Gasteiger partial charge in [-0.2, -0.15) is 4.98 Å². The number of pyridine rings is 1. The van der Waals surface area contributed by atoms with E-state index in [4.69, 9.17) is 26.8 Å². The number of nitrogens with zero attached hydrogens (tertiary/aromatic N) is 3. The van der Waals surface area contributed by atoms with E-state index in [1.165, 1.54) is 13.2 Å². The van der Waals surface area contributed by atoms with E-state index in [2.05, 4.69) is 15.2 Å². The third kappa shape index (κ3) is 5.88. The van der Waals surface area contributed by atoms with Gasteiger partial charge in [0.15, 0.2) is 0 Å². The first-order valence-corrected chi connectivity index (χ1v) is 12.3. The summed E-state index contributed by atoms with van der Waals surface area (Å²) in [7, 11) is 1.45. The molecule has 4 heterocycles. The number of carbonyl (C=O) groups excluding carboxylic acids is 2. The standard InChI is InChI=1S/C23H34ClN5O4/c1-32-22-17(13-18(24)20(25)27-22)21(30)26-16-6-8-28(9-7-16)14-15-4-10-29(11-5-15)23(31)19-3-2-12-33-19/h13,15-16,19H,2-12,14H2,1H3,(H2,25,27)(H,26,30)/t19-/m1/s1. The predicted molar refractivity (Wildman–Crippen MR) is 125 cm³/mol. The lowest BCUT2D eigenvalue weighted by Crippen LogP contribution is -2.48. The maximum Gasteiger partial charge on any atom is 0.257 e. The molecule has 1 aromatic rings. The third-order valence-electron chi connectivity index (χ3n) is 6.98. The van der Waals surface area contributed by atoms with Crippen LogP contribution in [0.2, 0.25) is 5.02 Å². The minimum Gasteiger partial charge on any atom is -0.480 e. The summed E-state index contributed by atoms with van der Waals surface area (Å²) in [4.78, 5) is 33.8. The number of amides is 2. The van der Waals surface area contributed by atoms with Crippen LogP contribution < -0.4 is 15.8 Å². The molecule has 3 aliphatic rings. The van der Waals surface area contributed by atoms with Gasteiger partial charge in [-0.15, -0.1) is 0 Å². The van der Waals surface area contributed by atoms with Crippen LogP contribution in [0.15, 0.2) is 6.07 Å². The molecule has 1 aromatic heterocycles. The number of anilines is 1. The zero-order chi connectivity index (χ0) is 23.4. The smallest absolute Gasteiger partial charge is 0.257 e. The number of carbonyl (C=O) groups is 2. The first kappa shape index (κ1) is 24.0. The van der Waals surface area contributed by atoms with Gasteiger partial charge in [-0.1, -0.05) is 11.6 Å². The van der Waals surface area contributed by atoms with Crippen LogP contribution in [0.25, 0.3) is 0 Å². The fourth-order valence-corrected chi connectivity index (χ4v) is 5.16. The second kappa shape index (κ2) is 10.9. The van der Waals surface area contributed by atoms with Crippen LogP contribution in [0.4, 0.5) is 5.82 Å². The lowest BCUT2D eigenvalue weighted by molar-refractivity contribution is -0.142. The highest BCUT2D eigenvalue weighted by molar-refractivity contribution is 6.33. The molecule has 0 unspecified atom stereocenters. The number of nitrogen functional groups attached to an aromatic ring is 1. The Morgan fingerprint density at radius 3 is 2.58 bits per heavy atom. The molecule has 4 rings (SSSR count). The molecule has 3 saturated heterocycles. The van der Waals surface area contributed by atoms with Crippen LogP contribution in [0.1, 0.15) is 48.9 Å². The van der Waals surface area contributed by atoms with Crippen molar-refractivity contribution in [3.8, 4) is 5.88 Å². The Morgan fingerprint density at radius 2 is 1.94 bits per heavy atom. The number of halogens is 1. The lowest BCUT2D eigenvalue weighted by Gasteiger charge is -2.38. The minimum atomic E-state index is -0.247. The lowest BCUT2D eigenvalue weighted by atomic mass is 9.94. The van der Waals surface area contributed by atoms with Gasteiger partial charge in [0.2, 0.25) is 5.88 Å². The molecule has 3 N–H and O–H groups in total. The van der Waals surface area contributed by atoms with Gasteiger partial charge in [0.25, 0.3) is 11.8 Å². The molecule has 9 nitrogen and oxygen atoms in total. The second-order valence-electron chi connectivity index (χ2n) is 9.23. The van der Waals surface area contributed by atoms with Gasteiger partial charge in [-0.25, -0.2) is 0 Å². The molecule has 0 aromatic carbocycles. The summed E-state index contributed by atoms with van der Waals surface area (Å²) >= 11 is 6.04. The average molecular weight is 480 g/mol. The maximum absolute atomic E-state index is 12.8. The molecule has 0 radical (unpaired) electrons. The highest BCUT2D eigenvalue weighted by Gasteiger charge is 2.32. The van der Waals surface area contributed by atoms with Crippen LogP contribution in [0.3, 0.4) is 0 Å². The molecular formula is C23H34ClN5O4. The van der Waals surface area contributed by atoms with Crippen molar-refractivity contribution < 1.29 is 19.1 Å². The number of hydrogen-bond acceptors (Lipinski definition) is 7. The average Bonchev–Trinajstić information content (AvgIpc) is 3.37. The predicted octanol–water partition coefficient (Wildman–Crippen LogP) is 1.94. The van der Waals surface area contributed by atoms with E-state index in [1.54, 1.807) is 0 Å². The number of nitrogens with one attached hydrogen (secondary N) is 1. The monoisotopic (exact) mass is 479 g/mol. The molecule has 3 aliphatic heterocycles. The summed E-state index contributed by atoms with van der Waals surface area (Å²) in [6.07, 6.45) is 5.50. The summed E-state index contributed by atoms with van der Waals surface area (Å²) in [5, 5.41) is 3.32. The Labute approximate surface area is 199 Å². The van der Waals surface area contributed by atoms with Gasteiger partial charge in [0.1, 0.15) is 17.5 Å². The van der Waals surface area contributed by atoms with E-state index < -0.39 is 0 Å². The molecule has 33 heavy (non-hydrogen) atoms. The fourth-order valence-electron chi connectivity index (χ4n) is 5.00. The topological polar surface area (TPSA) is 110 Å². The van der Waals surface area contributed by atoms with Gasteiger partial charge in [0.05, 0.1) is 12.1 Å². The second-order valence-corrected chi connectivity index (χ2v) is 9.64. The summed E-state index contributed by atoms with van der Waals surface area (Å²) in [5.74, 6) is 0.855. The van der Waals surface area contributed by atoms with E-state index in [0.717, 1.165) is 71.2 Å². The summed E-state index contributed by atoms with van der Waals surface area (Å²) in [6, 6.07) is 1.60. The van der Waals surface area contributed by atoms with E-state index in [9.17, 15) is 9.59 Å². The fraction of sp³-hybridized carbons (Fsp3) is 0.696. The van der Waals surface area contributed by atoms with Gasteiger partial charge < -0.3 is 30.3 Å². The number of methoxy groups -OCH3 is 1. The number of ether oxygens (including phenoxy) is 2. The Bertz CT molecular complexity index is 847. The van der Waals surface area contributed by atoms with Crippen LogP contribution in [0, 0.1) is 5.92 Å². The molecule has 0 spiro atoms. The van der Waals surface area contributed by atoms with E-state index >= 15 is 0 Å². The van der Waals surface area contributed by atoms with E-state index in [-0.39, 0.29) is 40.7 Å². The van der Waals surface area contributed by atoms with Gasteiger partial charge in [0, 0.05) is 45.4 Å². The molecule has 0 saturated carbocycles. The van der Waals surface area contributed by atoms with E-state index in [1.807, 2.05) is 4.90 Å². The number of piperidine rings is 2. The van der Waals surface area contributed by atoms with Crippen LogP contribution in [-0.4, -0.2) is 85.2 Å². The molecule has 1 atom stereocenters. The van der Waals surface area contributed by atoms with Crippen LogP contribution in [0.5, 0.6) is 5.88 Å². The van der Waals surface area contributed by atoms with Crippen molar-refractivity contribution >= 4 is 29.2 Å². The van der Waals surface area contributed by atoms with Gasteiger partial charge in [-0.3, -0.25) is 9.59 Å². The Hall–Kier alpha value is -2.10. The molecule has 182 valence electrons. The Morgan fingerprint density at radius 1 is 1.21 bits per heavy atom. The number of nitrogens with two attached hydrogens (primary N) is 1. The quantitative estimate of drug-likeness (QED) is 0.641. The van der Waals surface area contributed by atoms with E-state index in [0.29, 0.717) is 18.1 Å². The highest BCUT2D eigenvalue weighted by atomic mass is 35.5. The summed E-state index contributed by atoms with van der Waals surface area (Å²) in [6.45, 7) is 5.30. The van der Waals surface area contributed by atoms with Crippen LogP contribution >= 0.6 is 11.6 Å². The number of rotatable bonds is 6. The van der Waals surface area contributed by atoms with Crippen molar-refractivity contribution in [1.82, 2.24) is 20.1 Å². The molecule has 10 heteroatoms. The Kier molecular flexibility index (Phi) is 7.93. The third-order valence-corrected chi connectivity index (χ3v) is 7.28. The van der Waals surface area contributed by atoms with Gasteiger partial charge in [-0.05, 0) is 50.5 Å². The first-order chi connectivity index (χ1) is 15.9. The molecular weight excluding hydrogens is 446 g/mol. The molecule has 3 fully saturated rings. The SMILES string of the molecule is COc1nc(N)c(Cl)cc1C(=O)NC1CCN(CC2CCN(C(=O)[C@H]3CCCO3)CC2)CC1. The van der Waals surface area contributed by atoms with Gasteiger partial charge >= 0.3 is 0 Å². The summed E-state index contributed by atoms with van der Waals surface area (Å²) < 4.78 is 10.7. The zero-order valence-corrected chi connectivity index (χ0v) is 20.0. The van der Waals surface area contributed by atoms with Crippen molar-refractivity contribution in [3.05, 3.63) is 16.7 Å². The molecule has 0 aliphatic carbocycles. The summed E-state index contributed by atoms with van der Waals surface area (Å²) in [5.41, 5.74) is 6.00. The highest BCUT2D eigenvalue weighted by Crippen LogP contribution is 2.26. The molecule has 2 amide bonds. The van der Waals surface area contributed by atoms with Crippen molar-refractivity contribution in [2.45, 2.75) is 50.7 Å². The largest absolute Gasteiger partial charge is 0.480 e. The van der Waals surface area contributed by atoms with Crippen LogP contribution in [-0.2, 0) is 9.53 Å². The number of aromatic nitrogens is 1. The zero-order valence-electron chi connectivity index (χ0n) is 19.2. The molecule has 0 bridgehead atoms. The first-order valence-electron chi connectivity index (χ1n) is 11.9. The van der Waals surface area contributed by atoms with Crippen molar-refractivity contribution in [1.29, 1.82) is 0 Å². The maximum atomic E-state index is 12.8. The minimum absolute atomic E-state index is 0.0978. The normalized spacial score (nSPS) is 23.0. The number of hydrogen-bond donors (Lipinski definition) is 2. The van der Waals surface area contributed by atoms with Crippen molar-refractivity contribution in [2.24, 2.45) is 5.92 Å². The Balaban J connectivity index is 1.19. The number of likely N-dealkylation sites (tertiary alicyclic amines) is 2. The van der Waals surface area contributed by atoms with Crippen molar-refractivity contribution in [3.63, 3.8) is 0 Å².